The van der Waals surface area contributed by atoms with Gasteiger partial charge in [0.2, 0.25) is 15.9 Å². The van der Waals surface area contributed by atoms with Crippen LogP contribution in [0.15, 0.2) is 0 Å². The monoisotopic (exact) mass is 277 g/mol. The SMILES string of the molecule is CC(NS(C)(=O)=O)C(=O)N1CCCCC1C(C)N. The van der Waals surface area contributed by atoms with Gasteiger partial charge in [-0.1, -0.05) is 0 Å². The maximum absolute atomic E-state index is 12.2. The number of carbonyl (C=O) groups is 1. The fourth-order valence-electron chi connectivity index (χ4n) is 2.40. The molecule has 1 aliphatic heterocycles. The minimum absolute atomic E-state index is 0.00932. The lowest BCUT2D eigenvalue weighted by Crippen LogP contribution is -2.56. The Bertz CT molecular complexity index is 394. The minimum atomic E-state index is -3.37. The second-order valence-electron chi connectivity index (χ2n) is 5.07. The number of hydrogen-bond acceptors (Lipinski definition) is 4. The maximum Gasteiger partial charge on any atom is 0.240 e. The Hall–Kier alpha value is -0.660. The Balaban J connectivity index is 2.74. The molecule has 3 unspecified atom stereocenters. The average Bonchev–Trinajstić information content (AvgIpc) is 2.25. The number of sulfonamides is 1. The predicted octanol–water partition coefficient (Wildman–Crippen LogP) is -0.348. The van der Waals surface area contributed by atoms with Crippen LogP contribution in [0.1, 0.15) is 33.1 Å². The molecule has 0 aliphatic carbocycles. The predicted molar refractivity (Wildman–Crippen MR) is 70.4 cm³/mol. The molecule has 106 valence electrons. The van der Waals surface area contributed by atoms with Crippen LogP contribution in [0.4, 0.5) is 0 Å². The number of nitrogens with one attached hydrogen (secondary N) is 1. The van der Waals surface area contributed by atoms with Crippen LogP contribution in [-0.2, 0) is 14.8 Å². The Kier molecular flexibility index (Phi) is 5.12. The smallest absolute Gasteiger partial charge is 0.240 e. The van der Waals surface area contributed by atoms with Crippen molar-refractivity contribution in [3.63, 3.8) is 0 Å². The highest BCUT2D eigenvalue weighted by atomic mass is 32.2. The van der Waals surface area contributed by atoms with E-state index in [1.165, 1.54) is 0 Å². The third-order valence-electron chi connectivity index (χ3n) is 3.20. The largest absolute Gasteiger partial charge is 0.337 e. The molecule has 1 saturated heterocycles. The summed E-state index contributed by atoms with van der Waals surface area (Å²) in [5, 5.41) is 0. The van der Waals surface area contributed by atoms with Crippen molar-refractivity contribution in [2.45, 2.75) is 51.2 Å². The van der Waals surface area contributed by atoms with Gasteiger partial charge in [0.15, 0.2) is 0 Å². The summed E-state index contributed by atoms with van der Waals surface area (Å²) in [4.78, 5) is 14.0. The Morgan fingerprint density at radius 3 is 2.50 bits per heavy atom. The van der Waals surface area contributed by atoms with Gasteiger partial charge in [-0.05, 0) is 33.1 Å². The molecule has 0 spiro atoms. The average molecular weight is 277 g/mol. The van der Waals surface area contributed by atoms with Gasteiger partial charge >= 0.3 is 0 Å². The van der Waals surface area contributed by atoms with Crippen molar-refractivity contribution in [3.8, 4) is 0 Å². The quantitative estimate of drug-likeness (QED) is 0.735. The topological polar surface area (TPSA) is 92.5 Å². The number of hydrogen-bond donors (Lipinski definition) is 2. The van der Waals surface area contributed by atoms with E-state index in [1.54, 1.807) is 11.8 Å². The van der Waals surface area contributed by atoms with Crippen molar-refractivity contribution >= 4 is 15.9 Å². The van der Waals surface area contributed by atoms with Gasteiger partial charge in [-0.25, -0.2) is 13.1 Å². The van der Waals surface area contributed by atoms with E-state index in [-0.39, 0.29) is 18.0 Å². The summed E-state index contributed by atoms with van der Waals surface area (Å²) in [5.41, 5.74) is 5.89. The number of carbonyl (C=O) groups excluding carboxylic acids is 1. The molecule has 7 heteroatoms. The van der Waals surface area contributed by atoms with E-state index in [9.17, 15) is 13.2 Å². The summed E-state index contributed by atoms with van der Waals surface area (Å²) in [6.45, 7) is 4.10. The molecule has 1 amide bonds. The zero-order valence-corrected chi connectivity index (χ0v) is 12.0. The summed E-state index contributed by atoms with van der Waals surface area (Å²) in [5.74, 6) is -0.192. The Morgan fingerprint density at radius 2 is 2.00 bits per heavy atom. The van der Waals surface area contributed by atoms with Crippen LogP contribution in [0.2, 0.25) is 0 Å². The molecule has 3 atom stereocenters. The zero-order chi connectivity index (χ0) is 13.9. The molecule has 1 aliphatic rings. The molecule has 0 saturated carbocycles. The first-order chi connectivity index (χ1) is 8.22. The summed E-state index contributed by atoms with van der Waals surface area (Å²) in [6, 6.07) is -0.825. The van der Waals surface area contributed by atoms with Crippen LogP contribution in [0, 0.1) is 0 Å². The van der Waals surface area contributed by atoms with E-state index in [0.717, 1.165) is 25.5 Å². The van der Waals surface area contributed by atoms with Gasteiger partial charge in [0.25, 0.3) is 0 Å². The lowest BCUT2D eigenvalue weighted by molar-refractivity contribution is -0.136. The first-order valence-electron chi connectivity index (χ1n) is 6.25. The van der Waals surface area contributed by atoms with Crippen LogP contribution in [0.25, 0.3) is 0 Å². The number of likely N-dealkylation sites (tertiary alicyclic amines) is 1. The van der Waals surface area contributed by atoms with Crippen LogP contribution < -0.4 is 10.5 Å². The molecular formula is C11H23N3O3S. The molecule has 0 aromatic heterocycles. The fraction of sp³-hybridized carbons (Fsp3) is 0.909. The van der Waals surface area contributed by atoms with E-state index in [0.29, 0.717) is 6.54 Å². The maximum atomic E-state index is 12.2. The van der Waals surface area contributed by atoms with Gasteiger partial charge < -0.3 is 10.6 Å². The van der Waals surface area contributed by atoms with E-state index < -0.39 is 16.1 Å². The van der Waals surface area contributed by atoms with Gasteiger partial charge in [0, 0.05) is 18.6 Å². The van der Waals surface area contributed by atoms with E-state index >= 15 is 0 Å². The second-order valence-corrected chi connectivity index (χ2v) is 6.85. The summed E-state index contributed by atoms with van der Waals surface area (Å²) >= 11 is 0. The van der Waals surface area contributed by atoms with Crippen molar-refractivity contribution < 1.29 is 13.2 Å². The van der Waals surface area contributed by atoms with Crippen molar-refractivity contribution in [2.75, 3.05) is 12.8 Å². The van der Waals surface area contributed by atoms with E-state index in [4.69, 9.17) is 5.73 Å². The van der Waals surface area contributed by atoms with E-state index in [2.05, 4.69) is 4.72 Å². The summed E-state index contributed by atoms with van der Waals surface area (Å²) in [6.07, 6.45) is 3.94. The lowest BCUT2D eigenvalue weighted by atomic mass is 9.96. The van der Waals surface area contributed by atoms with Crippen LogP contribution in [-0.4, -0.2) is 50.2 Å². The van der Waals surface area contributed by atoms with Gasteiger partial charge in [-0.3, -0.25) is 4.79 Å². The van der Waals surface area contributed by atoms with Crippen molar-refractivity contribution in [2.24, 2.45) is 5.73 Å². The molecule has 0 radical (unpaired) electrons. The highest BCUT2D eigenvalue weighted by molar-refractivity contribution is 7.88. The van der Waals surface area contributed by atoms with E-state index in [1.807, 2.05) is 6.92 Å². The number of nitrogens with two attached hydrogens (primary N) is 1. The van der Waals surface area contributed by atoms with Crippen molar-refractivity contribution in [3.05, 3.63) is 0 Å². The summed E-state index contributed by atoms with van der Waals surface area (Å²) < 4.78 is 24.6. The molecule has 0 bridgehead atoms. The highest BCUT2D eigenvalue weighted by Crippen LogP contribution is 2.19. The van der Waals surface area contributed by atoms with Gasteiger partial charge in [-0.15, -0.1) is 0 Å². The molecule has 0 aromatic rings. The van der Waals surface area contributed by atoms with Crippen molar-refractivity contribution in [1.82, 2.24) is 9.62 Å². The number of amides is 1. The third kappa shape index (κ3) is 4.22. The van der Waals surface area contributed by atoms with Gasteiger partial charge in [-0.2, -0.15) is 0 Å². The first-order valence-corrected chi connectivity index (χ1v) is 8.15. The molecule has 1 heterocycles. The molecular weight excluding hydrogens is 254 g/mol. The second kappa shape index (κ2) is 5.99. The summed E-state index contributed by atoms with van der Waals surface area (Å²) in [7, 11) is -3.37. The zero-order valence-electron chi connectivity index (χ0n) is 11.2. The van der Waals surface area contributed by atoms with Gasteiger partial charge in [0.05, 0.1) is 12.3 Å². The first kappa shape index (κ1) is 15.4. The third-order valence-corrected chi connectivity index (χ3v) is 3.98. The number of rotatable bonds is 4. The fourth-order valence-corrected chi connectivity index (χ4v) is 3.14. The normalized spacial score (nSPS) is 24.7. The Labute approximate surface area is 109 Å². The van der Waals surface area contributed by atoms with Crippen LogP contribution in [0.5, 0.6) is 0 Å². The van der Waals surface area contributed by atoms with Crippen LogP contribution in [0.3, 0.4) is 0 Å². The molecule has 1 rings (SSSR count). The lowest BCUT2D eigenvalue weighted by Gasteiger charge is -2.39. The number of nitrogens with zero attached hydrogens (tertiary/aromatic N) is 1. The Morgan fingerprint density at radius 1 is 1.39 bits per heavy atom. The molecule has 3 N–H and O–H groups in total. The number of piperidine rings is 1. The highest BCUT2D eigenvalue weighted by Gasteiger charge is 2.32. The standard InChI is InChI=1S/C11H23N3O3S/c1-8(12)10-6-4-5-7-14(10)11(15)9(2)13-18(3,16)17/h8-10,13H,4-7,12H2,1-3H3. The molecule has 0 aromatic carbocycles. The molecule has 6 nitrogen and oxygen atoms in total. The van der Waals surface area contributed by atoms with Gasteiger partial charge in [0.1, 0.15) is 0 Å². The minimum Gasteiger partial charge on any atom is -0.337 e. The van der Waals surface area contributed by atoms with Crippen LogP contribution >= 0.6 is 0 Å². The molecule has 1 fully saturated rings. The molecule has 18 heavy (non-hydrogen) atoms. The van der Waals surface area contributed by atoms with Crippen molar-refractivity contribution in [1.29, 1.82) is 0 Å².